The highest BCUT2D eigenvalue weighted by Gasteiger charge is 2.37. The van der Waals surface area contributed by atoms with Crippen molar-refractivity contribution in [3.63, 3.8) is 0 Å². The average molecular weight is 236 g/mol. The zero-order chi connectivity index (χ0) is 12.4. The fraction of sp³-hybridized carbons (Fsp3) is 0.700. The number of aromatic nitrogens is 3. The van der Waals surface area contributed by atoms with E-state index in [9.17, 15) is 10.1 Å². The van der Waals surface area contributed by atoms with E-state index in [0.717, 1.165) is 25.7 Å². The van der Waals surface area contributed by atoms with Gasteiger partial charge in [-0.15, -0.1) is 5.10 Å². The topological polar surface area (TPSA) is 88.6 Å². The molecule has 1 aromatic heterocycles. The molecule has 1 aliphatic carbocycles. The van der Waals surface area contributed by atoms with E-state index in [1.165, 1.54) is 11.0 Å². The van der Waals surface area contributed by atoms with E-state index in [0.29, 0.717) is 0 Å². The number of aryl methyl sites for hydroxylation is 1. The van der Waals surface area contributed by atoms with E-state index in [4.69, 9.17) is 5.26 Å². The molecule has 17 heavy (non-hydrogen) atoms. The summed E-state index contributed by atoms with van der Waals surface area (Å²) in [6.45, 7) is 0. The van der Waals surface area contributed by atoms with Crippen LogP contribution in [0.5, 0.6) is 0 Å². The van der Waals surface area contributed by atoms with E-state index in [1.807, 2.05) is 0 Å². The second kappa shape index (κ2) is 4.49. The Balaban J connectivity index is 2.21. The summed E-state index contributed by atoms with van der Waals surface area (Å²) in [5.41, 5.74) is 0. The van der Waals surface area contributed by atoms with Crippen molar-refractivity contribution in [1.29, 1.82) is 5.26 Å². The normalized spacial score (nSPS) is 24.2. The van der Waals surface area contributed by atoms with Crippen molar-refractivity contribution in [2.75, 3.05) is 0 Å². The molecule has 7 nitrogen and oxygen atoms in total. The highest BCUT2D eigenvalue weighted by Crippen LogP contribution is 2.29. The summed E-state index contributed by atoms with van der Waals surface area (Å²) in [6.07, 6.45) is 4.47. The first-order valence-corrected chi connectivity index (χ1v) is 5.61. The maximum Gasteiger partial charge on any atom is 0.546 e. The lowest BCUT2D eigenvalue weighted by Gasteiger charge is -2.19. The van der Waals surface area contributed by atoms with Gasteiger partial charge >= 0.3 is 5.82 Å². The van der Waals surface area contributed by atoms with Crippen molar-refractivity contribution in [2.24, 2.45) is 13.0 Å². The molecule has 90 valence electrons. The van der Waals surface area contributed by atoms with Crippen molar-refractivity contribution >= 4 is 5.82 Å². The van der Waals surface area contributed by atoms with Crippen LogP contribution in [0, 0.1) is 27.4 Å². The average Bonchev–Trinajstić information content (AvgIpc) is 2.71. The summed E-state index contributed by atoms with van der Waals surface area (Å²) >= 11 is 0. The molecule has 7 heteroatoms. The molecule has 0 saturated heterocycles. The van der Waals surface area contributed by atoms with Crippen LogP contribution in [0.2, 0.25) is 0 Å². The van der Waals surface area contributed by atoms with Crippen LogP contribution in [-0.4, -0.2) is 14.8 Å². The van der Waals surface area contributed by atoms with Gasteiger partial charge in [-0.25, -0.2) is 0 Å². The molecule has 0 spiro atoms. The Morgan fingerprint density at radius 3 is 2.76 bits per heavy atom. The molecular weight excluding hydrogens is 222 g/mol. The van der Waals surface area contributed by atoms with Crippen molar-refractivity contribution in [3.8, 4) is 6.07 Å². The molecule has 0 aliphatic heterocycles. The van der Waals surface area contributed by atoms with Gasteiger partial charge in [-0.1, -0.05) is 4.80 Å². The molecule has 1 aliphatic rings. The van der Waals surface area contributed by atoms with E-state index in [2.05, 4.69) is 11.2 Å². The van der Waals surface area contributed by atoms with Gasteiger partial charge in [0.2, 0.25) is 6.20 Å². The van der Waals surface area contributed by atoms with Crippen LogP contribution in [0.25, 0.3) is 0 Å². The molecule has 1 saturated carbocycles. The Morgan fingerprint density at radius 2 is 2.24 bits per heavy atom. The van der Waals surface area contributed by atoms with Gasteiger partial charge in [0, 0.05) is 18.8 Å². The lowest BCUT2D eigenvalue weighted by atomic mass is 9.87. The summed E-state index contributed by atoms with van der Waals surface area (Å²) in [5.74, 6) is 0.118. The number of hydrogen-bond acceptors (Lipinski definition) is 4. The lowest BCUT2D eigenvalue weighted by molar-refractivity contribution is -0.825. The fourth-order valence-electron chi connectivity index (χ4n) is 2.40. The first kappa shape index (κ1) is 11.5. The lowest BCUT2D eigenvalue weighted by Crippen LogP contribution is -2.49. The number of hydrogen-bond donors (Lipinski definition) is 0. The highest BCUT2D eigenvalue weighted by molar-refractivity contribution is 5.01. The van der Waals surface area contributed by atoms with E-state index in [-0.39, 0.29) is 17.8 Å². The molecule has 1 heterocycles. The molecule has 0 radical (unpaired) electrons. The molecule has 0 amide bonds. The zero-order valence-electron chi connectivity index (χ0n) is 9.61. The maximum absolute atomic E-state index is 10.9. The van der Waals surface area contributed by atoms with E-state index in [1.54, 1.807) is 11.7 Å². The zero-order valence-corrected chi connectivity index (χ0v) is 9.61. The number of nitro groups is 1. The Morgan fingerprint density at radius 1 is 1.59 bits per heavy atom. The van der Waals surface area contributed by atoms with Crippen LogP contribution in [0.1, 0.15) is 31.7 Å². The first-order valence-electron chi connectivity index (χ1n) is 5.61. The minimum atomic E-state index is -0.413. The Kier molecular flexibility index (Phi) is 3.04. The van der Waals surface area contributed by atoms with Gasteiger partial charge in [0.15, 0.2) is 6.04 Å². The summed E-state index contributed by atoms with van der Waals surface area (Å²) < 4.78 is 1.62. The van der Waals surface area contributed by atoms with Gasteiger partial charge in [0.1, 0.15) is 4.92 Å². The van der Waals surface area contributed by atoms with Gasteiger partial charge in [-0.05, 0) is 17.5 Å². The third-order valence-corrected chi connectivity index (χ3v) is 3.30. The first-order chi connectivity index (χ1) is 8.13. The van der Waals surface area contributed by atoms with Crippen LogP contribution in [0.3, 0.4) is 0 Å². The maximum atomic E-state index is 10.9. The molecule has 2 rings (SSSR count). The van der Waals surface area contributed by atoms with Gasteiger partial charge in [-0.3, -0.25) is 10.1 Å². The number of rotatable bonds is 2. The third-order valence-electron chi connectivity index (χ3n) is 3.30. The number of nitriles is 1. The van der Waals surface area contributed by atoms with Crippen LogP contribution in [0.15, 0.2) is 6.20 Å². The predicted molar refractivity (Wildman–Crippen MR) is 56.7 cm³/mol. The number of nitrogens with zero attached hydrogens (tertiary/aromatic N) is 5. The predicted octanol–water partition coefficient (Wildman–Crippen LogP) is 0.871. The standard InChI is InChI=1S/C10H14N5O2/c1-13-12-7-10(15(16)17)14(13)9-4-2-8(6-11)3-5-9/h7-9H,2-5H2,1H3/q+1. The summed E-state index contributed by atoms with van der Waals surface area (Å²) in [4.78, 5) is 12.0. The minimum absolute atomic E-state index is 0.0212. The van der Waals surface area contributed by atoms with Crippen LogP contribution in [-0.2, 0) is 7.05 Å². The summed E-state index contributed by atoms with van der Waals surface area (Å²) in [7, 11) is 1.70. The summed E-state index contributed by atoms with van der Waals surface area (Å²) in [5, 5.41) is 23.6. The van der Waals surface area contributed by atoms with E-state index < -0.39 is 4.92 Å². The van der Waals surface area contributed by atoms with Crippen LogP contribution in [0.4, 0.5) is 5.82 Å². The van der Waals surface area contributed by atoms with Crippen molar-refractivity contribution in [2.45, 2.75) is 31.7 Å². The second-order valence-electron chi connectivity index (χ2n) is 4.33. The molecule has 0 N–H and O–H groups in total. The second-order valence-corrected chi connectivity index (χ2v) is 4.33. The van der Waals surface area contributed by atoms with Crippen molar-refractivity contribution in [3.05, 3.63) is 16.3 Å². The van der Waals surface area contributed by atoms with E-state index >= 15 is 0 Å². The monoisotopic (exact) mass is 236 g/mol. The molecule has 0 bridgehead atoms. The molecule has 0 aromatic carbocycles. The van der Waals surface area contributed by atoms with Crippen LogP contribution >= 0.6 is 0 Å². The van der Waals surface area contributed by atoms with Crippen molar-refractivity contribution < 1.29 is 9.61 Å². The fourth-order valence-corrected chi connectivity index (χ4v) is 2.40. The Labute approximate surface area is 98.4 Å². The Hall–Kier alpha value is -1.97. The SMILES string of the molecule is Cn1ncc([N+](=O)[O-])[n+]1C1CCC(C#N)CC1. The third kappa shape index (κ3) is 2.11. The smallest absolute Gasteiger partial charge is 0.253 e. The molecular formula is C10H14N5O2+. The Bertz CT molecular complexity index is 468. The van der Waals surface area contributed by atoms with Crippen molar-refractivity contribution in [1.82, 2.24) is 9.90 Å². The van der Waals surface area contributed by atoms with Crippen LogP contribution < -0.4 is 4.68 Å². The van der Waals surface area contributed by atoms with Gasteiger partial charge in [-0.2, -0.15) is 5.26 Å². The highest BCUT2D eigenvalue weighted by atomic mass is 16.6. The molecule has 0 atom stereocenters. The van der Waals surface area contributed by atoms with Gasteiger partial charge in [0.25, 0.3) is 0 Å². The minimum Gasteiger partial charge on any atom is -0.253 e. The molecule has 0 unspecified atom stereocenters. The van der Waals surface area contributed by atoms with Gasteiger partial charge in [0.05, 0.1) is 13.1 Å². The van der Waals surface area contributed by atoms with Gasteiger partial charge < -0.3 is 0 Å². The largest absolute Gasteiger partial charge is 0.546 e. The molecule has 1 aromatic rings. The summed E-state index contributed by atoms with van der Waals surface area (Å²) in [6, 6.07) is 2.33. The quantitative estimate of drug-likeness (QED) is 0.433. The molecule has 1 fully saturated rings.